The Labute approximate surface area is 151 Å². The Morgan fingerprint density at radius 3 is 2.42 bits per heavy atom. The van der Waals surface area contributed by atoms with Crippen LogP contribution in [0.1, 0.15) is 30.6 Å². The fraction of sp³-hybridized carbons (Fsp3) is 0.300. The predicted molar refractivity (Wildman–Crippen MR) is 96.8 cm³/mol. The van der Waals surface area contributed by atoms with Crippen LogP contribution < -0.4 is 15.0 Å². The van der Waals surface area contributed by atoms with Gasteiger partial charge < -0.3 is 15.0 Å². The van der Waals surface area contributed by atoms with E-state index in [1.165, 1.54) is 12.1 Å². The highest BCUT2D eigenvalue weighted by Gasteiger charge is 2.31. The Morgan fingerprint density at radius 2 is 1.81 bits per heavy atom. The number of nitrogens with one attached hydrogen (secondary N) is 1. The summed E-state index contributed by atoms with van der Waals surface area (Å²) in [5.41, 5.74) is 1.14. The summed E-state index contributed by atoms with van der Waals surface area (Å²) in [5.74, 6) is 0.0210. The molecule has 2 aromatic carbocycles. The molecule has 6 heteroatoms. The molecule has 0 saturated carbocycles. The smallest absolute Gasteiger partial charge is 0.251 e. The molecule has 26 heavy (non-hydrogen) atoms. The Kier molecular flexibility index (Phi) is 5.21. The van der Waals surface area contributed by atoms with Crippen LogP contribution in [0.2, 0.25) is 0 Å². The monoisotopic (exact) mass is 356 g/mol. The van der Waals surface area contributed by atoms with Gasteiger partial charge in [0, 0.05) is 24.2 Å². The van der Waals surface area contributed by atoms with E-state index in [2.05, 4.69) is 5.32 Å². The third-order valence-corrected chi connectivity index (χ3v) is 4.09. The molecule has 1 aliphatic rings. The molecule has 0 radical (unpaired) electrons. The molecule has 0 bridgehead atoms. The third kappa shape index (κ3) is 4.20. The summed E-state index contributed by atoms with van der Waals surface area (Å²) in [7, 11) is 0. The molecule has 1 N–H and O–H groups in total. The summed E-state index contributed by atoms with van der Waals surface area (Å²) in [6, 6.07) is 12.4. The van der Waals surface area contributed by atoms with Crippen molar-refractivity contribution in [1.82, 2.24) is 5.32 Å². The van der Waals surface area contributed by atoms with E-state index < -0.39 is 0 Å². The number of hydrogen-bond acceptors (Lipinski definition) is 3. The molecule has 1 fully saturated rings. The van der Waals surface area contributed by atoms with Crippen LogP contribution in [0.5, 0.6) is 5.75 Å². The fourth-order valence-corrected chi connectivity index (χ4v) is 2.90. The van der Waals surface area contributed by atoms with Crippen molar-refractivity contribution in [2.24, 2.45) is 0 Å². The summed E-state index contributed by atoms with van der Waals surface area (Å²) in [4.78, 5) is 26.2. The molecule has 1 saturated heterocycles. The summed E-state index contributed by atoms with van der Waals surface area (Å²) >= 11 is 0. The number of carbonyl (C=O) groups excluding carboxylic acids is 2. The zero-order valence-corrected chi connectivity index (χ0v) is 14.7. The first kappa shape index (κ1) is 17.9. The number of ether oxygens (including phenoxy) is 1. The molecule has 1 aliphatic heterocycles. The number of anilines is 1. The summed E-state index contributed by atoms with van der Waals surface area (Å²) in [5, 5.41) is 2.88. The van der Waals surface area contributed by atoms with Gasteiger partial charge in [0.25, 0.3) is 5.91 Å². The average molecular weight is 356 g/mol. The van der Waals surface area contributed by atoms with Crippen molar-refractivity contribution in [2.45, 2.75) is 32.4 Å². The largest absolute Gasteiger partial charge is 0.491 e. The summed E-state index contributed by atoms with van der Waals surface area (Å²) in [6.07, 6.45) is 0.286. The molecular weight excluding hydrogens is 335 g/mol. The fourth-order valence-electron chi connectivity index (χ4n) is 2.90. The maximum atomic E-state index is 13.0. The average Bonchev–Trinajstić information content (AvgIpc) is 2.96. The number of hydrogen-bond donors (Lipinski definition) is 1. The number of rotatable bonds is 5. The molecule has 2 amide bonds. The van der Waals surface area contributed by atoms with Gasteiger partial charge in [-0.25, -0.2) is 4.39 Å². The van der Waals surface area contributed by atoms with Gasteiger partial charge in [0.2, 0.25) is 5.91 Å². The molecule has 5 nitrogen and oxygen atoms in total. The normalized spacial score (nSPS) is 16.8. The molecule has 1 atom stereocenters. The number of carbonyl (C=O) groups is 2. The van der Waals surface area contributed by atoms with Crippen LogP contribution in [0.15, 0.2) is 48.5 Å². The van der Waals surface area contributed by atoms with Gasteiger partial charge in [-0.1, -0.05) is 0 Å². The third-order valence-electron chi connectivity index (χ3n) is 4.09. The van der Waals surface area contributed by atoms with Crippen LogP contribution in [0, 0.1) is 5.82 Å². The maximum absolute atomic E-state index is 13.0. The number of benzene rings is 2. The zero-order valence-electron chi connectivity index (χ0n) is 14.7. The highest BCUT2D eigenvalue weighted by molar-refractivity contribution is 5.99. The molecular formula is C20H21FN2O3. The van der Waals surface area contributed by atoms with Gasteiger partial charge in [-0.2, -0.15) is 0 Å². The van der Waals surface area contributed by atoms with Gasteiger partial charge >= 0.3 is 0 Å². The first-order chi connectivity index (χ1) is 12.4. The van der Waals surface area contributed by atoms with Crippen molar-refractivity contribution in [3.8, 4) is 5.75 Å². The van der Waals surface area contributed by atoms with E-state index in [0.717, 1.165) is 0 Å². The topological polar surface area (TPSA) is 58.6 Å². The van der Waals surface area contributed by atoms with E-state index >= 15 is 0 Å². The number of amides is 2. The van der Waals surface area contributed by atoms with Crippen LogP contribution in [0.25, 0.3) is 0 Å². The van der Waals surface area contributed by atoms with Gasteiger partial charge in [-0.15, -0.1) is 0 Å². The van der Waals surface area contributed by atoms with E-state index in [1.54, 1.807) is 41.3 Å². The van der Waals surface area contributed by atoms with Crippen molar-refractivity contribution < 1.29 is 18.7 Å². The standard InChI is InChI=1S/C20H21FN2O3/c1-13(2)26-18-9-3-14(4-10-18)20(25)22-16-11-19(24)23(12-16)17-7-5-15(21)6-8-17/h3-10,13,16H,11-12H2,1-2H3,(H,22,25)/t16-/m1/s1. The number of nitrogens with zero attached hydrogens (tertiary/aromatic N) is 1. The van der Waals surface area contributed by atoms with Crippen LogP contribution >= 0.6 is 0 Å². The second kappa shape index (κ2) is 7.56. The second-order valence-electron chi connectivity index (χ2n) is 6.55. The maximum Gasteiger partial charge on any atom is 0.251 e. The molecule has 2 aromatic rings. The second-order valence-corrected chi connectivity index (χ2v) is 6.55. The molecule has 0 aliphatic carbocycles. The summed E-state index contributed by atoms with van der Waals surface area (Å²) in [6.45, 7) is 4.24. The minimum Gasteiger partial charge on any atom is -0.491 e. The SMILES string of the molecule is CC(C)Oc1ccc(C(=O)N[C@@H]2CC(=O)N(c3ccc(F)cc3)C2)cc1. The molecule has 0 aromatic heterocycles. The Balaban J connectivity index is 1.61. The highest BCUT2D eigenvalue weighted by Crippen LogP contribution is 2.22. The lowest BCUT2D eigenvalue weighted by Gasteiger charge is -2.17. The van der Waals surface area contributed by atoms with E-state index in [1.807, 2.05) is 13.8 Å². The minimum absolute atomic E-state index is 0.0663. The van der Waals surface area contributed by atoms with Crippen LogP contribution in [0.3, 0.4) is 0 Å². The summed E-state index contributed by atoms with van der Waals surface area (Å²) < 4.78 is 18.6. The van der Waals surface area contributed by atoms with Crippen molar-refractivity contribution >= 4 is 17.5 Å². The predicted octanol–water partition coefficient (Wildman–Crippen LogP) is 3.15. The minimum atomic E-state index is -0.352. The van der Waals surface area contributed by atoms with Gasteiger partial charge in [0.15, 0.2) is 0 Å². The van der Waals surface area contributed by atoms with Crippen LogP contribution in [0.4, 0.5) is 10.1 Å². The molecule has 1 heterocycles. The van der Waals surface area contributed by atoms with Gasteiger partial charge in [-0.3, -0.25) is 9.59 Å². The molecule has 136 valence electrons. The van der Waals surface area contributed by atoms with Crippen LogP contribution in [-0.4, -0.2) is 30.5 Å². The van der Waals surface area contributed by atoms with Gasteiger partial charge in [-0.05, 0) is 62.4 Å². The van der Waals surface area contributed by atoms with Crippen molar-refractivity contribution in [3.05, 3.63) is 59.9 Å². The van der Waals surface area contributed by atoms with Crippen molar-refractivity contribution in [3.63, 3.8) is 0 Å². The first-order valence-electron chi connectivity index (χ1n) is 8.56. The van der Waals surface area contributed by atoms with E-state index in [9.17, 15) is 14.0 Å². The molecule has 3 rings (SSSR count). The Bertz CT molecular complexity index is 788. The van der Waals surface area contributed by atoms with Crippen molar-refractivity contribution in [2.75, 3.05) is 11.4 Å². The van der Waals surface area contributed by atoms with E-state index in [4.69, 9.17) is 4.74 Å². The lowest BCUT2D eigenvalue weighted by molar-refractivity contribution is -0.117. The lowest BCUT2D eigenvalue weighted by atomic mass is 10.1. The quantitative estimate of drug-likeness (QED) is 0.895. The lowest BCUT2D eigenvalue weighted by Crippen LogP contribution is -2.37. The van der Waals surface area contributed by atoms with E-state index in [0.29, 0.717) is 23.5 Å². The first-order valence-corrected chi connectivity index (χ1v) is 8.56. The van der Waals surface area contributed by atoms with E-state index in [-0.39, 0.29) is 36.2 Å². The Morgan fingerprint density at radius 1 is 1.15 bits per heavy atom. The van der Waals surface area contributed by atoms with Crippen LogP contribution in [-0.2, 0) is 4.79 Å². The molecule has 0 spiro atoms. The van der Waals surface area contributed by atoms with Gasteiger partial charge in [0.05, 0.1) is 12.1 Å². The van der Waals surface area contributed by atoms with Gasteiger partial charge in [0.1, 0.15) is 11.6 Å². The highest BCUT2D eigenvalue weighted by atomic mass is 19.1. The number of halogens is 1. The van der Waals surface area contributed by atoms with Crippen molar-refractivity contribution in [1.29, 1.82) is 0 Å². The zero-order chi connectivity index (χ0) is 18.7. The Hall–Kier alpha value is -2.89. The molecule has 0 unspecified atom stereocenters.